The van der Waals surface area contributed by atoms with E-state index in [1.54, 1.807) is 18.2 Å². The van der Waals surface area contributed by atoms with E-state index < -0.39 is 45.9 Å². The number of nitrogens with zero attached hydrogens (tertiary/aromatic N) is 2. The number of furan rings is 1. The van der Waals surface area contributed by atoms with Crippen LogP contribution in [0.2, 0.25) is 0 Å². The van der Waals surface area contributed by atoms with Crippen LogP contribution in [0, 0.1) is 11.3 Å². The van der Waals surface area contributed by atoms with Crippen molar-refractivity contribution in [2.24, 2.45) is 0 Å². The van der Waals surface area contributed by atoms with E-state index in [4.69, 9.17) is 9.15 Å². The number of sulfonamides is 1. The molecule has 3 aromatic rings. The van der Waals surface area contributed by atoms with Crippen LogP contribution in [0.5, 0.6) is 0 Å². The second-order valence-corrected chi connectivity index (χ2v) is 11.9. The molecular weight excluding hydrogens is 546 g/mol. The maximum atomic E-state index is 13.0. The number of ether oxygens (including phenoxy) is 1. The molecule has 1 saturated heterocycles. The molecule has 0 spiro atoms. The Morgan fingerprint density at radius 1 is 1.02 bits per heavy atom. The highest BCUT2D eigenvalue weighted by molar-refractivity contribution is 7.93. The van der Waals surface area contributed by atoms with E-state index in [-0.39, 0.29) is 17.9 Å². The fourth-order valence-corrected chi connectivity index (χ4v) is 6.11. The molecular formula is C30H37N3O7S. The van der Waals surface area contributed by atoms with E-state index in [2.05, 4.69) is 41.7 Å². The molecule has 4 rings (SSSR count). The first-order chi connectivity index (χ1) is 19.6. The van der Waals surface area contributed by atoms with Crippen molar-refractivity contribution < 1.29 is 32.9 Å². The summed E-state index contributed by atoms with van der Waals surface area (Å²) in [5.41, 5.74) is 2.11. The Labute approximate surface area is 240 Å². The number of aliphatic hydroxyl groups is 3. The summed E-state index contributed by atoms with van der Waals surface area (Å²) in [5, 5.41) is 41.3. The smallest absolute Gasteiger partial charge is 0.251 e. The minimum absolute atomic E-state index is 0.115. The van der Waals surface area contributed by atoms with Gasteiger partial charge in [-0.3, -0.25) is 0 Å². The molecule has 1 aliphatic rings. The first-order valence-electron chi connectivity index (χ1n) is 13.7. The number of benzene rings is 2. The number of hydrogen-bond donors (Lipinski definition) is 4. The van der Waals surface area contributed by atoms with Crippen LogP contribution in [0.1, 0.15) is 39.4 Å². The standard InChI is InChI=1S/C30H37N3O7S/c1-4-12-33(13-5-2)23-9-8-20-14-22(7-6-21(20)15-23)26-11-10-25(40-26)19(3)28(16-31)41(37,38)32-17-27-30(36)29(35)24(34)18-39-27/h6-11,14-15,24,27,29-30,32,34-36H,4-5,12-13,17-18H2,1-3H3. The molecule has 4 N–H and O–H groups in total. The molecule has 2 aromatic carbocycles. The number of allylic oxidation sites excluding steroid dienone is 2. The second kappa shape index (κ2) is 13.2. The number of rotatable bonds is 11. The second-order valence-electron chi connectivity index (χ2n) is 10.2. The third-order valence-electron chi connectivity index (χ3n) is 7.23. The van der Waals surface area contributed by atoms with Crippen LogP contribution >= 0.6 is 0 Å². The summed E-state index contributed by atoms with van der Waals surface area (Å²) >= 11 is 0. The van der Waals surface area contributed by atoms with E-state index in [0.717, 1.165) is 42.3 Å². The Morgan fingerprint density at radius 2 is 1.71 bits per heavy atom. The number of aliphatic hydroxyl groups excluding tert-OH is 3. The van der Waals surface area contributed by atoms with Gasteiger partial charge in [0.2, 0.25) is 0 Å². The van der Waals surface area contributed by atoms with Crippen LogP contribution in [-0.2, 0) is 14.8 Å². The molecule has 1 aromatic heterocycles. The Hall–Kier alpha value is -3.24. The van der Waals surface area contributed by atoms with Gasteiger partial charge in [0.25, 0.3) is 10.0 Å². The maximum Gasteiger partial charge on any atom is 0.251 e. The molecule has 1 aliphatic heterocycles. The van der Waals surface area contributed by atoms with E-state index in [1.807, 2.05) is 18.2 Å². The summed E-state index contributed by atoms with van der Waals surface area (Å²) in [6, 6.07) is 17.4. The lowest BCUT2D eigenvalue weighted by atomic mass is 10.0. The summed E-state index contributed by atoms with van der Waals surface area (Å²) < 4.78 is 39.4. The van der Waals surface area contributed by atoms with E-state index in [0.29, 0.717) is 5.76 Å². The van der Waals surface area contributed by atoms with Crippen LogP contribution in [0.4, 0.5) is 5.69 Å². The molecule has 2 heterocycles. The fourth-order valence-electron chi connectivity index (χ4n) is 4.96. The van der Waals surface area contributed by atoms with Gasteiger partial charge in [-0.25, -0.2) is 13.1 Å². The number of nitriles is 1. The van der Waals surface area contributed by atoms with Gasteiger partial charge in [0.1, 0.15) is 35.9 Å². The molecule has 10 nitrogen and oxygen atoms in total. The normalized spacial score (nSPS) is 21.9. The zero-order chi connectivity index (χ0) is 29.7. The third kappa shape index (κ3) is 6.81. The largest absolute Gasteiger partial charge is 0.456 e. The van der Waals surface area contributed by atoms with Crippen molar-refractivity contribution in [3.8, 4) is 17.4 Å². The van der Waals surface area contributed by atoms with Gasteiger partial charge in [-0.15, -0.1) is 0 Å². The zero-order valence-corrected chi connectivity index (χ0v) is 24.3. The van der Waals surface area contributed by atoms with E-state index in [9.17, 15) is 29.0 Å². The highest BCUT2D eigenvalue weighted by atomic mass is 32.2. The summed E-state index contributed by atoms with van der Waals surface area (Å²) in [6.45, 7) is 7.16. The first kappa shape index (κ1) is 30.7. The quantitative estimate of drug-likeness (QED) is 0.249. The Kier molecular flexibility index (Phi) is 9.86. The molecule has 220 valence electrons. The lowest BCUT2D eigenvalue weighted by molar-refractivity contribution is -0.184. The van der Waals surface area contributed by atoms with Gasteiger partial charge in [0.05, 0.1) is 12.7 Å². The molecule has 4 atom stereocenters. The van der Waals surface area contributed by atoms with Crippen molar-refractivity contribution in [2.45, 2.75) is 58.0 Å². The Morgan fingerprint density at radius 3 is 2.39 bits per heavy atom. The van der Waals surface area contributed by atoms with Gasteiger partial charge in [-0.05, 0) is 60.9 Å². The SMILES string of the molecule is CCCN(CCC)c1ccc2cc(-c3ccc(C(C)=C(C#N)S(=O)(=O)NCC4OCC(O)C(O)C4O)o3)ccc2c1. The Bertz CT molecular complexity index is 1540. The van der Waals surface area contributed by atoms with Crippen LogP contribution < -0.4 is 9.62 Å². The van der Waals surface area contributed by atoms with Crippen LogP contribution in [0.3, 0.4) is 0 Å². The zero-order valence-electron chi connectivity index (χ0n) is 23.4. The highest BCUT2D eigenvalue weighted by Crippen LogP contribution is 2.32. The van der Waals surface area contributed by atoms with Gasteiger partial charge >= 0.3 is 0 Å². The third-order valence-corrected chi connectivity index (χ3v) is 8.71. The molecule has 1 fully saturated rings. The molecule has 0 radical (unpaired) electrons. The molecule has 4 unspecified atom stereocenters. The number of fused-ring (bicyclic) bond motifs is 1. The monoisotopic (exact) mass is 583 g/mol. The number of nitrogens with one attached hydrogen (secondary N) is 1. The molecule has 0 amide bonds. The molecule has 0 bridgehead atoms. The molecule has 0 aliphatic carbocycles. The molecule has 0 saturated carbocycles. The van der Waals surface area contributed by atoms with Gasteiger partial charge in [-0.2, -0.15) is 5.26 Å². The van der Waals surface area contributed by atoms with E-state index >= 15 is 0 Å². The van der Waals surface area contributed by atoms with Gasteiger partial charge in [-0.1, -0.05) is 32.0 Å². The fraction of sp³-hybridized carbons (Fsp3) is 0.433. The highest BCUT2D eigenvalue weighted by Gasteiger charge is 2.38. The summed E-state index contributed by atoms with van der Waals surface area (Å²) in [5.74, 6) is 0.748. The summed E-state index contributed by atoms with van der Waals surface area (Å²) in [6.07, 6.45) is -3.19. The van der Waals surface area contributed by atoms with Crippen molar-refractivity contribution >= 4 is 32.1 Å². The summed E-state index contributed by atoms with van der Waals surface area (Å²) in [7, 11) is -4.31. The number of hydrogen-bond acceptors (Lipinski definition) is 9. The first-order valence-corrected chi connectivity index (χ1v) is 15.2. The van der Waals surface area contributed by atoms with Crippen LogP contribution in [-0.4, -0.2) is 74.4 Å². The number of anilines is 1. The Balaban J connectivity index is 1.54. The maximum absolute atomic E-state index is 13.0. The van der Waals surface area contributed by atoms with Crippen molar-refractivity contribution in [1.29, 1.82) is 5.26 Å². The topological polar surface area (TPSA) is 156 Å². The van der Waals surface area contributed by atoms with E-state index in [1.165, 1.54) is 12.6 Å². The van der Waals surface area contributed by atoms with Crippen molar-refractivity contribution in [3.63, 3.8) is 0 Å². The van der Waals surface area contributed by atoms with Crippen molar-refractivity contribution in [1.82, 2.24) is 4.72 Å². The average Bonchev–Trinajstić information content (AvgIpc) is 3.46. The van der Waals surface area contributed by atoms with Crippen LogP contribution in [0.15, 0.2) is 57.9 Å². The molecule has 11 heteroatoms. The lowest BCUT2D eigenvalue weighted by Gasteiger charge is -2.35. The molecule has 41 heavy (non-hydrogen) atoms. The van der Waals surface area contributed by atoms with Gasteiger partial charge < -0.3 is 29.4 Å². The minimum atomic E-state index is -4.31. The summed E-state index contributed by atoms with van der Waals surface area (Å²) in [4.78, 5) is 1.84. The minimum Gasteiger partial charge on any atom is -0.456 e. The van der Waals surface area contributed by atoms with Crippen molar-refractivity contribution in [2.75, 3.05) is 31.1 Å². The van der Waals surface area contributed by atoms with Crippen molar-refractivity contribution in [3.05, 3.63) is 59.2 Å². The lowest BCUT2D eigenvalue weighted by Crippen LogP contribution is -2.56. The van der Waals surface area contributed by atoms with Gasteiger partial charge in [0, 0.05) is 36.5 Å². The van der Waals surface area contributed by atoms with Gasteiger partial charge in [0.15, 0.2) is 4.91 Å². The van der Waals surface area contributed by atoms with Crippen LogP contribution in [0.25, 0.3) is 27.7 Å². The average molecular weight is 584 g/mol. The predicted molar refractivity (Wildman–Crippen MR) is 157 cm³/mol. The predicted octanol–water partition coefficient (Wildman–Crippen LogP) is 3.38.